The second-order valence-corrected chi connectivity index (χ2v) is 8.83. The Kier molecular flexibility index (Phi) is 6.13. The first kappa shape index (κ1) is 21.3. The first-order valence-electron chi connectivity index (χ1n) is 10.9. The van der Waals surface area contributed by atoms with Crippen LogP contribution in [0.25, 0.3) is 22.6 Å². The van der Waals surface area contributed by atoms with Gasteiger partial charge in [0.15, 0.2) is 11.5 Å². The Hall–Kier alpha value is -3.58. The molecule has 6 nitrogen and oxygen atoms in total. The van der Waals surface area contributed by atoms with Crippen LogP contribution in [-0.4, -0.2) is 45.4 Å². The molecular formula is C26H23N3O3S. The van der Waals surface area contributed by atoms with Crippen molar-refractivity contribution in [1.82, 2.24) is 14.9 Å². The van der Waals surface area contributed by atoms with Crippen LogP contribution in [-0.2, 0) is 0 Å². The quantitative estimate of drug-likeness (QED) is 0.291. The van der Waals surface area contributed by atoms with Crippen molar-refractivity contribution in [3.63, 3.8) is 0 Å². The van der Waals surface area contributed by atoms with E-state index in [1.165, 1.54) is 11.8 Å². The van der Waals surface area contributed by atoms with E-state index in [1.54, 1.807) is 12.3 Å². The van der Waals surface area contributed by atoms with Gasteiger partial charge in [-0.15, -0.1) is 0 Å². The smallest absolute Gasteiger partial charge is 0.270 e. The number of likely N-dealkylation sites (tertiary alicyclic amines) is 1. The molecule has 0 saturated carbocycles. The number of thioether (sulfide) groups is 1. The number of aromatic amines is 1. The van der Waals surface area contributed by atoms with E-state index < -0.39 is 0 Å². The largest absolute Gasteiger partial charge is 0.431 e. The molecule has 0 bridgehead atoms. The maximum Gasteiger partial charge on any atom is 0.270 e. The minimum atomic E-state index is -0.0857. The van der Waals surface area contributed by atoms with Crippen molar-refractivity contribution in [2.24, 2.45) is 0 Å². The van der Waals surface area contributed by atoms with Crippen molar-refractivity contribution in [3.05, 3.63) is 84.2 Å². The third kappa shape index (κ3) is 4.64. The van der Waals surface area contributed by atoms with Crippen LogP contribution in [0.5, 0.6) is 0 Å². The summed E-state index contributed by atoms with van der Waals surface area (Å²) in [6, 6.07) is 21.3. The van der Waals surface area contributed by atoms with Gasteiger partial charge < -0.3 is 14.3 Å². The summed E-state index contributed by atoms with van der Waals surface area (Å²) in [7, 11) is 0. The third-order valence-electron chi connectivity index (χ3n) is 5.65. The molecule has 33 heavy (non-hydrogen) atoms. The van der Waals surface area contributed by atoms with Gasteiger partial charge in [0.25, 0.3) is 11.1 Å². The fourth-order valence-corrected chi connectivity index (χ4v) is 4.64. The molecule has 0 aliphatic carbocycles. The molecular weight excluding hydrogens is 434 g/mol. The summed E-state index contributed by atoms with van der Waals surface area (Å²) in [5.41, 5.74) is 3.57. The maximum atomic E-state index is 12.8. The topological polar surface area (TPSA) is 79.2 Å². The lowest BCUT2D eigenvalue weighted by molar-refractivity contribution is 0.0787. The van der Waals surface area contributed by atoms with Crippen LogP contribution in [0.2, 0.25) is 0 Å². The van der Waals surface area contributed by atoms with Crippen LogP contribution < -0.4 is 0 Å². The zero-order valence-corrected chi connectivity index (χ0v) is 18.8. The Balaban J connectivity index is 1.32. The highest BCUT2D eigenvalue weighted by Gasteiger charge is 2.22. The molecule has 166 valence electrons. The van der Waals surface area contributed by atoms with E-state index in [-0.39, 0.29) is 17.4 Å². The number of aromatic nitrogens is 2. The number of rotatable bonds is 7. The van der Waals surface area contributed by atoms with E-state index in [1.807, 2.05) is 65.6 Å². The predicted molar refractivity (Wildman–Crippen MR) is 128 cm³/mol. The molecule has 4 aromatic rings. The van der Waals surface area contributed by atoms with Crippen LogP contribution in [0.4, 0.5) is 0 Å². The molecule has 0 radical (unpaired) electrons. The molecule has 1 saturated heterocycles. The summed E-state index contributed by atoms with van der Waals surface area (Å²) < 4.78 is 6.08. The van der Waals surface area contributed by atoms with Crippen LogP contribution in [0.3, 0.4) is 0 Å². The molecule has 0 unspecified atom stereocenters. The van der Waals surface area contributed by atoms with Gasteiger partial charge in [-0.2, -0.15) is 0 Å². The number of oxazole rings is 1. The normalized spacial score (nSPS) is 13.4. The van der Waals surface area contributed by atoms with Gasteiger partial charge >= 0.3 is 0 Å². The Bertz CT molecular complexity index is 1200. The average Bonchev–Trinajstić information content (AvgIpc) is 3.64. The lowest BCUT2D eigenvalue weighted by Crippen LogP contribution is -2.27. The number of nitrogens with zero attached hydrogens (tertiary/aromatic N) is 2. The molecule has 7 heteroatoms. The third-order valence-corrected chi connectivity index (χ3v) is 6.47. The first-order valence-corrected chi connectivity index (χ1v) is 11.9. The van der Waals surface area contributed by atoms with Crippen molar-refractivity contribution < 1.29 is 14.0 Å². The molecule has 3 heterocycles. The average molecular weight is 458 g/mol. The zero-order chi connectivity index (χ0) is 22.6. The Morgan fingerprint density at radius 3 is 2.33 bits per heavy atom. The molecule has 1 aliphatic rings. The molecule has 1 N–H and O–H groups in total. The van der Waals surface area contributed by atoms with Gasteiger partial charge in [0, 0.05) is 36.0 Å². The fourth-order valence-electron chi connectivity index (χ4n) is 3.92. The fraction of sp³-hybridized carbons (Fsp3) is 0.192. The number of Topliss-reactive ketones (excluding diaryl/α,β-unsaturated/α-hetero) is 1. The molecule has 5 rings (SSSR count). The minimum absolute atomic E-state index is 0.0492. The minimum Gasteiger partial charge on any atom is -0.431 e. The number of amides is 1. The monoisotopic (exact) mass is 457 g/mol. The molecule has 0 atom stereocenters. The summed E-state index contributed by atoms with van der Waals surface area (Å²) in [6.45, 7) is 1.54. The number of nitrogens with one attached hydrogen (secondary N) is 1. The van der Waals surface area contributed by atoms with Gasteiger partial charge in [0.1, 0.15) is 11.4 Å². The summed E-state index contributed by atoms with van der Waals surface area (Å²) in [4.78, 5) is 34.8. The molecule has 2 aromatic carbocycles. The number of benzene rings is 2. The van der Waals surface area contributed by atoms with E-state index >= 15 is 0 Å². The van der Waals surface area contributed by atoms with Crippen LogP contribution >= 0.6 is 11.8 Å². The van der Waals surface area contributed by atoms with Crippen LogP contribution in [0, 0.1) is 0 Å². The summed E-state index contributed by atoms with van der Waals surface area (Å²) in [5.74, 6) is 0.708. The number of carbonyl (C=O) groups excluding carboxylic acids is 2. The number of carbonyl (C=O) groups is 2. The van der Waals surface area contributed by atoms with E-state index in [2.05, 4.69) is 9.97 Å². The highest BCUT2D eigenvalue weighted by Crippen LogP contribution is 2.35. The first-order chi connectivity index (χ1) is 16.2. The Morgan fingerprint density at radius 2 is 1.64 bits per heavy atom. The number of hydrogen-bond donors (Lipinski definition) is 1. The number of ketones is 1. The van der Waals surface area contributed by atoms with Gasteiger partial charge in [-0.3, -0.25) is 9.59 Å². The van der Waals surface area contributed by atoms with E-state index in [0.717, 1.165) is 42.8 Å². The van der Waals surface area contributed by atoms with Gasteiger partial charge in [-0.1, -0.05) is 72.4 Å². The molecule has 1 fully saturated rings. The van der Waals surface area contributed by atoms with E-state index in [4.69, 9.17) is 4.42 Å². The SMILES string of the molecule is O=C(CSc1nc(-c2ccccc2)c(-c2ccccc2)o1)c1c[nH]c(C(=O)N2CCCC2)c1. The van der Waals surface area contributed by atoms with Gasteiger partial charge in [0.2, 0.25) is 0 Å². The van der Waals surface area contributed by atoms with Crippen molar-refractivity contribution in [2.45, 2.75) is 18.1 Å². The van der Waals surface area contributed by atoms with E-state index in [0.29, 0.717) is 22.2 Å². The lowest BCUT2D eigenvalue weighted by atomic mass is 10.1. The van der Waals surface area contributed by atoms with Gasteiger partial charge in [-0.05, 0) is 18.9 Å². The summed E-state index contributed by atoms with van der Waals surface area (Å²) in [6.07, 6.45) is 3.66. The second-order valence-electron chi connectivity index (χ2n) is 7.90. The standard InChI is InChI=1S/C26H23N3O3S/c30-22(20-15-21(27-16-20)25(31)29-13-7-8-14-29)17-33-26-28-23(18-9-3-1-4-10-18)24(32-26)19-11-5-2-6-12-19/h1-6,9-12,15-16,27H,7-8,13-14,17H2. The molecule has 1 amide bonds. The Labute approximate surface area is 196 Å². The van der Waals surface area contributed by atoms with Crippen molar-refractivity contribution in [1.29, 1.82) is 0 Å². The zero-order valence-electron chi connectivity index (χ0n) is 18.0. The molecule has 1 aliphatic heterocycles. The number of H-pyrrole nitrogens is 1. The van der Waals surface area contributed by atoms with Crippen LogP contribution in [0.15, 0.2) is 82.6 Å². The number of hydrogen-bond acceptors (Lipinski definition) is 5. The molecule has 0 spiro atoms. The predicted octanol–water partition coefficient (Wildman–Crippen LogP) is 5.55. The highest BCUT2D eigenvalue weighted by molar-refractivity contribution is 7.99. The summed E-state index contributed by atoms with van der Waals surface area (Å²) in [5, 5.41) is 0.435. The summed E-state index contributed by atoms with van der Waals surface area (Å²) >= 11 is 1.25. The second kappa shape index (κ2) is 9.50. The Morgan fingerprint density at radius 1 is 0.970 bits per heavy atom. The van der Waals surface area contributed by atoms with Gasteiger partial charge in [0.05, 0.1) is 5.75 Å². The van der Waals surface area contributed by atoms with E-state index in [9.17, 15) is 9.59 Å². The molecule has 2 aromatic heterocycles. The lowest BCUT2D eigenvalue weighted by Gasteiger charge is -2.13. The van der Waals surface area contributed by atoms with Crippen molar-refractivity contribution in [3.8, 4) is 22.6 Å². The van der Waals surface area contributed by atoms with Crippen molar-refractivity contribution >= 4 is 23.5 Å². The van der Waals surface area contributed by atoms with Crippen molar-refractivity contribution in [2.75, 3.05) is 18.8 Å². The van der Waals surface area contributed by atoms with Crippen LogP contribution in [0.1, 0.15) is 33.7 Å². The highest BCUT2D eigenvalue weighted by atomic mass is 32.2. The maximum absolute atomic E-state index is 12.8. The van der Waals surface area contributed by atoms with Gasteiger partial charge in [-0.25, -0.2) is 4.98 Å².